The molecule has 2 heterocycles. The van der Waals surface area contributed by atoms with Gasteiger partial charge in [0.1, 0.15) is 0 Å². The van der Waals surface area contributed by atoms with Gasteiger partial charge in [0.2, 0.25) is 0 Å². The van der Waals surface area contributed by atoms with Gasteiger partial charge in [0.05, 0.1) is 11.7 Å². The molecule has 6 atom stereocenters. The van der Waals surface area contributed by atoms with Crippen LogP contribution in [-0.4, -0.2) is 0 Å². The molecule has 1 nitrogen and oxygen atoms in total. The molecule has 4 bridgehead atoms. The number of fused-ring (bicyclic) bond motifs is 12. The number of hydrogen-bond donors (Lipinski definition) is 0. The zero-order chi connectivity index (χ0) is 11.2. The summed E-state index contributed by atoms with van der Waals surface area (Å²) in [5.74, 6) is 3.58. The van der Waals surface area contributed by atoms with Crippen molar-refractivity contribution in [1.82, 2.24) is 0 Å². The molecule has 1 aromatic carbocycles. The zero-order valence-electron chi connectivity index (χ0n) is 10.2. The van der Waals surface area contributed by atoms with E-state index >= 15 is 0 Å². The van der Waals surface area contributed by atoms with Crippen LogP contribution in [0.5, 0.6) is 0 Å². The van der Waals surface area contributed by atoms with E-state index in [1.54, 1.807) is 0 Å². The van der Waals surface area contributed by atoms with E-state index in [-0.39, 0.29) is 5.60 Å². The van der Waals surface area contributed by atoms with Gasteiger partial charge in [-0.25, -0.2) is 0 Å². The van der Waals surface area contributed by atoms with Gasteiger partial charge in [-0.05, 0) is 55.1 Å². The second kappa shape index (κ2) is 2.61. The van der Waals surface area contributed by atoms with E-state index in [0.717, 1.165) is 23.7 Å². The maximum Gasteiger partial charge on any atom is 0.0949 e. The molecule has 0 spiro atoms. The summed E-state index contributed by atoms with van der Waals surface area (Å²) in [6.07, 6.45) is 4.83. The molecule has 0 unspecified atom stereocenters. The first-order chi connectivity index (χ1) is 8.29. The second-order valence-electron chi connectivity index (χ2n) is 6.67. The van der Waals surface area contributed by atoms with Crippen molar-refractivity contribution >= 4 is 0 Å². The fourth-order valence-electron chi connectivity index (χ4n) is 5.72. The van der Waals surface area contributed by atoms with Crippen LogP contribution in [0.2, 0.25) is 0 Å². The molecule has 88 valence electrons. The Morgan fingerprint density at radius 2 is 2.00 bits per heavy atom. The van der Waals surface area contributed by atoms with Crippen molar-refractivity contribution in [3.63, 3.8) is 0 Å². The Hall–Kier alpha value is -0.820. The van der Waals surface area contributed by atoms with Gasteiger partial charge in [0, 0.05) is 5.92 Å². The number of rotatable bonds is 0. The van der Waals surface area contributed by atoms with Crippen molar-refractivity contribution in [3.8, 4) is 0 Å². The lowest BCUT2D eigenvalue weighted by Crippen LogP contribution is -2.36. The van der Waals surface area contributed by atoms with E-state index in [1.807, 2.05) is 0 Å². The van der Waals surface area contributed by atoms with Crippen LogP contribution < -0.4 is 0 Å². The highest BCUT2D eigenvalue weighted by Gasteiger charge is 2.67. The highest BCUT2D eigenvalue weighted by Crippen LogP contribution is 2.71. The Kier molecular flexibility index (Phi) is 1.41. The smallest absolute Gasteiger partial charge is 0.0949 e. The Bertz CT molecular complexity index is 508. The average molecular weight is 226 g/mol. The molecule has 4 aliphatic rings. The molecule has 3 fully saturated rings. The Morgan fingerprint density at radius 3 is 2.94 bits per heavy atom. The van der Waals surface area contributed by atoms with Gasteiger partial charge in [0.15, 0.2) is 0 Å². The topological polar surface area (TPSA) is 9.23 Å². The van der Waals surface area contributed by atoms with Crippen molar-refractivity contribution < 1.29 is 4.74 Å². The summed E-state index contributed by atoms with van der Waals surface area (Å²) in [6.45, 7) is 2.36. The maximum atomic E-state index is 6.48. The third kappa shape index (κ3) is 0.835. The van der Waals surface area contributed by atoms with Crippen LogP contribution in [0.3, 0.4) is 0 Å². The third-order valence-corrected chi connectivity index (χ3v) is 6.14. The van der Waals surface area contributed by atoms with Gasteiger partial charge in [-0.2, -0.15) is 0 Å². The number of benzene rings is 1. The van der Waals surface area contributed by atoms with E-state index in [2.05, 4.69) is 31.2 Å². The molecule has 17 heavy (non-hydrogen) atoms. The first kappa shape index (κ1) is 9.16. The van der Waals surface area contributed by atoms with Gasteiger partial charge >= 0.3 is 0 Å². The SMILES string of the molecule is C[C@@]12O[C@@H](c3ccccc31)[C@@H]1[C@H]3CC[C@H](C3)[C@@H]12. The lowest BCUT2D eigenvalue weighted by Gasteiger charge is -2.38. The predicted octanol–water partition coefficient (Wildman–Crippen LogP) is 3.65. The quantitative estimate of drug-likeness (QED) is 0.656. The monoisotopic (exact) mass is 226 g/mol. The fraction of sp³-hybridized carbons (Fsp3) is 0.625. The van der Waals surface area contributed by atoms with Crippen LogP contribution in [0.4, 0.5) is 0 Å². The summed E-state index contributed by atoms with van der Waals surface area (Å²) in [5, 5.41) is 0. The van der Waals surface area contributed by atoms with Gasteiger partial charge in [-0.15, -0.1) is 0 Å². The summed E-state index contributed by atoms with van der Waals surface area (Å²) in [5.41, 5.74) is 3.05. The summed E-state index contributed by atoms with van der Waals surface area (Å²) >= 11 is 0. The van der Waals surface area contributed by atoms with Crippen LogP contribution >= 0.6 is 0 Å². The summed E-state index contributed by atoms with van der Waals surface area (Å²) in [6, 6.07) is 8.95. The Labute approximate surface area is 102 Å². The molecular formula is C16H18O. The van der Waals surface area contributed by atoms with Crippen molar-refractivity contribution in [2.24, 2.45) is 23.7 Å². The van der Waals surface area contributed by atoms with E-state index < -0.39 is 0 Å². The molecule has 0 amide bonds. The lowest BCUT2D eigenvalue weighted by atomic mass is 9.64. The van der Waals surface area contributed by atoms with Crippen LogP contribution in [-0.2, 0) is 10.3 Å². The predicted molar refractivity (Wildman–Crippen MR) is 65.4 cm³/mol. The average Bonchev–Trinajstić information content (AvgIpc) is 3.05. The third-order valence-electron chi connectivity index (χ3n) is 6.14. The van der Waals surface area contributed by atoms with Crippen molar-refractivity contribution in [2.45, 2.75) is 37.9 Å². The Balaban J connectivity index is 1.76. The van der Waals surface area contributed by atoms with E-state index in [4.69, 9.17) is 4.74 Å². The summed E-state index contributed by atoms with van der Waals surface area (Å²) < 4.78 is 6.48. The molecule has 2 aliphatic heterocycles. The largest absolute Gasteiger partial charge is 0.362 e. The number of hydrogen-bond acceptors (Lipinski definition) is 1. The van der Waals surface area contributed by atoms with Crippen LogP contribution in [0.25, 0.3) is 0 Å². The van der Waals surface area contributed by atoms with E-state index in [0.29, 0.717) is 6.10 Å². The maximum absolute atomic E-state index is 6.48. The lowest BCUT2D eigenvalue weighted by molar-refractivity contribution is -0.0390. The highest BCUT2D eigenvalue weighted by atomic mass is 16.5. The van der Waals surface area contributed by atoms with Crippen LogP contribution in [0.15, 0.2) is 24.3 Å². The number of ether oxygens (including phenoxy) is 1. The molecule has 0 radical (unpaired) electrons. The van der Waals surface area contributed by atoms with Crippen LogP contribution in [0, 0.1) is 23.7 Å². The second-order valence-corrected chi connectivity index (χ2v) is 6.67. The van der Waals surface area contributed by atoms with Crippen molar-refractivity contribution in [3.05, 3.63) is 35.4 Å². The standard InChI is InChI=1S/C16H18O/c1-16-12-5-3-2-4-11(12)15(17-16)13-9-6-7-10(8-9)14(13)16/h2-5,9-10,13-15H,6-8H2,1H3/t9-,10+,13+,14-,15-,16+/m0/s1. The molecule has 1 saturated heterocycles. The fourth-order valence-corrected chi connectivity index (χ4v) is 5.72. The minimum Gasteiger partial charge on any atom is -0.362 e. The van der Waals surface area contributed by atoms with Gasteiger partial charge in [-0.1, -0.05) is 24.3 Å². The van der Waals surface area contributed by atoms with Crippen LogP contribution in [0.1, 0.15) is 43.4 Å². The molecule has 1 aromatic rings. The minimum atomic E-state index is 0.0474. The zero-order valence-corrected chi connectivity index (χ0v) is 10.2. The van der Waals surface area contributed by atoms with Gasteiger partial charge < -0.3 is 4.74 Å². The molecule has 1 heteroatoms. The van der Waals surface area contributed by atoms with Crippen molar-refractivity contribution in [1.29, 1.82) is 0 Å². The normalized spacial score (nSPS) is 52.9. The van der Waals surface area contributed by atoms with E-state index in [1.165, 1.54) is 30.4 Å². The van der Waals surface area contributed by atoms with Gasteiger partial charge in [-0.3, -0.25) is 0 Å². The molecule has 5 rings (SSSR count). The van der Waals surface area contributed by atoms with Gasteiger partial charge in [0.25, 0.3) is 0 Å². The molecule has 0 N–H and O–H groups in total. The first-order valence-electron chi connectivity index (χ1n) is 7.06. The van der Waals surface area contributed by atoms with Crippen molar-refractivity contribution in [2.75, 3.05) is 0 Å². The first-order valence-corrected chi connectivity index (χ1v) is 7.06. The highest BCUT2D eigenvalue weighted by molar-refractivity contribution is 5.43. The minimum absolute atomic E-state index is 0.0474. The molecular weight excluding hydrogens is 208 g/mol. The molecule has 2 saturated carbocycles. The molecule has 2 aliphatic carbocycles. The summed E-state index contributed by atoms with van der Waals surface area (Å²) in [4.78, 5) is 0. The molecule has 0 aromatic heterocycles. The summed E-state index contributed by atoms with van der Waals surface area (Å²) in [7, 11) is 0. The van der Waals surface area contributed by atoms with E-state index in [9.17, 15) is 0 Å². The Morgan fingerprint density at radius 1 is 1.18 bits per heavy atom.